The summed E-state index contributed by atoms with van der Waals surface area (Å²) < 4.78 is 1.58. The van der Waals surface area contributed by atoms with Crippen LogP contribution in [-0.2, 0) is 7.05 Å². The number of carbonyl (C=O) groups is 1. The average molecular weight is 316 g/mol. The molecule has 3 rings (SSSR count). The summed E-state index contributed by atoms with van der Waals surface area (Å²) in [5, 5.41) is 21.4. The monoisotopic (exact) mass is 315 g/mol. The smallest absolute Gasteiger partial charge is 0.352 e. The SMILES string of the molecule is Cn1c(C(=O)O)c(C(O)c2ccccc2Cl)c2ccccc21. The minimum atomic E-state index is -1.11. The molecule has 1 aromatic heterocycles. The number of fused-ring (bicyclic) bond motifs is 1. The van der Waals surface area contributed by atoms with Crippen LogP contribution >= 0.6 is 11.6 Å². The first-order valence-corrected chi connectivity index (χ1v) is 7.13. The Kier molecular flexibility index (Phi) is 3.64. The molecule has 2 aromatic carbocycles. The molecule has 5 heteroatoms. The quantitative estimate of drug-likeness (QED) is 0.776. The highest BCUT2D eigenvalue weighted by molar-refractivity contribution is 6.31. The van der Waals surface area contributed by atoms with E-state index < -0.39 is 12.1 Å². The van der Waals surface area contributed by atoms with Crippen molar-refractivity contribution in [2.45, 2.75) is 6.10 Å². The fraction of sp³-hybridized carbons (Fsp3) is 0.118. The largest absolute Gasteiger partial charge is 0.477 e. The number of aromatic nitrogens is 1. The van der Waals surface area contributed by atoms with E-state index in [9.17, 15) is 15.0 Å². The number of halogens is 1. The molecule has 0 amide bonds. The molecular formula is C17H14ClNO3. The molecular weight excluding hydrogens is 302 g/mol. The molecule has 1 heterocycles. The van der Waals surface area contributed by atoms with Crippen molar-refractivity contribution in [3.8, 4) is 0 Å². The minimum Gasteiger partial charge on any atom is -0.477 e. The van der Waals surface area contributed by atoms with Crippen molar-refractivity contribution in [1.29, 1.82) is 0 Å². The summed E-state index contributed by atoms with van der Waals surface area (Å²) in [6.45, 7) is 0. The van der Waals surface area contributed by atoms with Crippen molar-refractivity contribution < 1.29 is 15.0 Å². The van der Waals surface area contributed by atoms with Crippen LogP contribution in [0.5, 0.6) is 0 Å². The summed E-state index contributed by atoms with van der Waals surface area (Å²) in [6, 6.07) is 14.2. The lowest BCUT2D eigenvalue weighted by Crippen LogP contribution is -2.11. The van der Waals surface area contributed by atoms with E-state index in [-0.39, 0.29) is 5.69 Å². The van der Waals surface area contributed by atoms with Crippen LogP contribution in [0, 0.1) is 0 Å². The van der Waals surface area contributed by atoms with Gasteiger partial charge in [-0.15, -0.1) is 0 Å². The minimum absolute atomic E-state index is 0.0635. The summed E-state index contributed by atoms with van der Waals surface area (Å²) in [6.07, 6.45) is -1.11. The van der Waals surface area contributed by atoms with Crippen molar-refractivity contribution in [2.75, 3.05) is 0 Å². The molecule has 0 saturated heterocycles. The molecule has 112 valence electrons. The Balaban J connectivity index is 2.32. The van der Waals surface area contributed by atoms with Crippen LogP contribution in [0.25, 0.3) is 10.9 Å². The number of hydrogen-bond donors (Lipinski definition) is 2. The van der Waals surface area contributed by atoms with Crippen LogP contribution in [0.3, 0.4) is 0 Å². The van der Waals surface area contributed by atoms with Gasteiger partial charge >= 0.3 is 5.97 Å². The average Bonchev–Trinajstić information content (AvgIpc) is 2.81. The standard InChI is InChI=1S/C17H14ClNO3/c1-19-13-9-5-3-7-11(13)14(15(19)17(21)22)16(20)10-6-2-4-8-12(10)18/h2-9,16,20H,1H3,(H,21,22). The molecule has 0 fully saturated rings. The summed E-state index contributed by atoms with van der Waals surface area (Å²) >= 11 is 6.14. The molecule has 0 radical (unpaired) electrons. The lowest BCUT2D eigenvalue weighted by Gasteiger charge is -2.13. The molecule has 0 spiro atoms. The zero-order chi connectivity index (χ0) is 15.9. The van der Waals surface area contributed by atoms with Gasteiger partial charge < -0.3 is 14.8 Å². The number of aliphatic hydroxyl groups excluding tert-OH is 1. The fourth-order valence-electron chi connectivity index (χ4n) is 2.81. The van der Waals surface area contributed by atoms with Gasteiger partial charge in [0.25, 0.3) is 0 Å². The third-order valence-corrected chi connectivity index (χ3v) is 4.17. The summed E-state index contributed by atoms with van der Waals surface area (Å²) in [5.74, 6) is -1.08. The van der Waals surface area contributed by atoms with Crippen molar-refractivity contribution in [3.63, 3.8) is 0 Å². The number of para-hydroxylation sites is 1. The Morgan fingerprint density at radius 3 is 2.45 bits per heavy atom. The zero-order valence-electron chi connectivity index (χ0n) is 11.8. The molecule has 3 aromatic rings. The second kappa shape index (κ2) is 5.48. The number of carboxylic acid groups (broad SMARTS) is 1. The van der Waals surface area contributed by atoms with Crippen molar-refractivity contribution >= 4 is 28.5 Å². The highest BCUT2D eigenvalue weighted by Crippen LogP contribution is 2.36. The maximum absolute atomic E-state index is 11.7. The van der Waals surface area contributed by atoms with Crippen LogP contribution in [-0.4, -0.2) is 20.7 Å². The van der Waals surface area contributed by atoms with Gasteiger partial charge in [-0.05, 0) is 12.1 Å². The van der Waals surface area contributed by atoms with Gasteiger partial charge in [0.2, 0.25) is 0 Å². The van der Waals surface area contributed by atoms with E-state index in [1.54, 1.807) is 41.9 Å². The Hall–Kier alpha value is -2.30. The van der Waals surface area contributed by atoms with Gasteiger partial charge in [0, 0.05) is 34.1 Å². The topological polar surface area (TPSA) is 62.5 Å². The zero-order valence-corrected chi connectivity index (χ0v) is 12.6. The normalized spacial score (nSPS) is 12.5. The number of benzene rings is 2. The maximum atomic E-state index is 11.7. The molecule has 2 N–H and O–H groups in total. The molecule has 1 unspecified atom stereocenters. The van der Waals surface area contributed by atoms with Crippen molar-refractivity contribution in [1.82, 2.24) is 4.57 Å². The molecule has 22 heavy (non-hydrogen) atoms. The van der Waals surface area contributed by atoms with Gasteiger partial charge in [0.05, 0.1) is 0 Å². The van der Waals surface area contributed by atoms with Crippen LogP contribution < -0.4 is 0 Å². The third kappa shape index (κ3) is 2.17. The fourth-order valence-corrected chi connectivity index (χ4v) is 3.05. The van der Waals surface area contributed by atoms with Crippen LogP contribution in [0.15, 0.2) is 48.5 Å². The Bertz CT molecular complexity index is 869. The van der Waals surface area contributed by atoms with Crippen molar-refractivity contribution in [2.24, 2.45) is 7.05 Å². The molecule has 1 atom stereocenters. The lowest BCUT2D eigenvalue weighted by molar-refractivity contribution is 0.0681. The highest BCUT2D eigenvalue weighted by Gasteiger charge is 2.27. The number of hydrogen-bond acceptors (Lipinski definition) is 2. The Morgan fingerprint density at radius 1 is 1.14 bits per heavy atom. The van der Waals surface area contributed by atoms with Gasteiger partial charge in [-0.3, -0.25) is 0 Å². The third-order valence-electron chi connectivity index (χ3n) is 3.82. The molecule has 0 aliphatic carbocycles. The molecule has 0 saturated carbocycles. The number of nitrogens with zero attached hydrogens (tertiary/aromatic N) is 1. The van der Waals surface area contributed by atoms with Gasteiger partial charge in [-0.1, -0.05) is 48.0 Å². The van der Waals surface area contributed by atoms with E-state index in [0.717, 1.165) is 5.52 Å². The maximum Gasteiger partial charge on any atom is 0.352 e. The first kappa shape index (κ1) is 14.6. The summed E-state index contributed by atoms with van der Waals surface area (Å²) in [5.41, 5.74) is 1.66. The molecule has 0 aliphatic rings. The van der Waals surface area contributed by atoms with E-state index in [0.29, 0.717) is 21.5 Å². The Morgan fingerprint density at radius 2 is 1.77 bits per heavy atom. The van der Waals surface area contributed by atoms with Crippen LogP contribution in [0.2, 0.25) is 5.02 Å². The van der Waals surface area contributed by atoms with E-state index in [2.05, 4.69) is 0 Å². The van der Waals surface area contributed by atoms with E-state index in [1.165, 1.54) is 0 Å². The molecule has 0 bridgehead atoms. The highest BCUT2D eigenvalue weighted by atomic mass is 35.5. The van der Waals surface area contributed by atoms with E-state index in [1.807, 2.05) is 18.2 Å². The number of aliphatic hydroxyl groups is 1. The second-order valence-corrected chi connectivity index (χ2v) is 5.47. The summed E-state index contributed by atoms with van der Waals surface area (Å²) in [7, 11) is 1.68. The first-order chi connectivity index (χ1) is 10.5. The summed E-state index contributed by atoms with van der Waals surface area (Å²) in [4.78, 5) is 11.7. The first-order valence-electron chi connectivity index (χ1n) is 6.75. The number of aryl methyl sites for hydroxylation is 1. The Labute approximate surface area is 132 Å². The number of aromatic carboxylic acids is 1. The van der Waals surface area contributed by atoms with Gasteiger partial charge in [0.15, 0.2) is 0 Å². The van der Waals surface area contributed by atoms with Crippen molar-refractivity contribution in [3.05, 3.63) is 70.4 Å². The van der Waals surface area contributed by atoms with Crippen LogP contribution in [0.4, 0.5) is 0 Å². The lowest BCUT2D eigenvalue weighted by atomic mass is 9.98. The number of rotatable bonds is 3. The van der Waals surface area contributed by atoms with E-state index in [4.69, 9.17) is 11.6 Å². The molecule has 0 aliphatic heterocycles. The van der Waals surface area contributed by atoms with Gasteiger partial charge in [0.1, 0.15) is 11.8 Å². The van der Waals surface area contributed by atoms with Crippen LogP contribution in [0.1, 0.15) is 27.7 Å². The van der Waals surface area contributed by atoms with Gasteiger partial charge in [-0.2, -0.15) is 0 Å². The van der Waals surface area contributed by atoms with E-state index >= 15 is 0 Å². The predicted octanol–water partition coefficient (Wildman–Crippen LogP) is 3.61. The number of carboxylic acids is 1. The van der Waals surface area contributed by atoms with Gasteiger partial charge in [-0.25, -0.2) is 4.79 Å². The predicted molar refractivity (Wildman–Crippen MR) is 85.4 cm³/mol. The molecule has 4 nitrogen and oxygen atoms in total. The second-order valence-electron chi connectivity index (χ2n) is 5.07.